The van der Waals surface area contributed by atoms with Gasteiger partial charge in [-0.15, -0.1) is 6.58 Å². The van der Waals surface area contributed by atoms with Crippen molar-refractivity contribution in [1.29, 1.82) is 0 Å². The highest BCUT2D eigenvalue weighted by atomic mass is 16.6. The molecule has 1 aromatic carbocycles. The molecule has 20 heavy (non-hydrogen) atoms. The predicted molar refractivity (Wildman–Crippen MR) is 82.6 cm³/mol. The molecule has 0 aliphatic rings. The Hall–Kier alpha value is -1.77. The monoisotopic (exact) mass is 275 g/mol. The number of amides is 1. The van der Waals surface area contributed by atoms with Crippen molar-refractivity contribution in [1.82, 2.24) is 4.90 Å². The van der Waals surface area contributed by atoms with E-state index in [9.17, 15) is 4.79 Å². The van der Waals surface area contributed by atoms with Crippen LogP contribution in [-0.4, -0.2) is 23.1 Å². The van der Waals surface area contributed by atoms with Gasteiger partial charge in [-0.05, 0) is 33.3 Å². The minimum atomic E-state index is -0.277. The quantitative estimate of drug-likeness (QED) is 0.712. The molecule has 0 heterocycles. The van der Waals surface area contributed by atoms with Crippen LogP contribution in [0.1, 0.15) is 45.8 Å². The first-order valence-electron chi connectivity index (χ1n) is 7.12. The predicted octanol–water partition coefficient (Wildman–Crippen LogP) is 4.56. The van der Waals surface area contributed by atoms with Gasteiger partial charge in [-0.1, -0.05) is 36.4 Å². The zero-order chi connectivity index (χ0) is 15.1. The van der Waals surface area contributed by atoms with Crippen LogP contribution < -0.4 is 0 Å². The molecular weight excluding hydrogens is 250 g/mol. The maximum atomic E-state index is 12.4. The number of carbonyl (C=O) groups excluding carboxylic acids is 1. The van der Waals surface area contributed by atoms with Crippen LogP contribution in [-0.2, 0) is 4.74 Å². The first kappa shape index (κ1) is 16.3. The normalized spacial score (nSPS) is 12.3. The summed E-state index contributed by atoms with van der Waals surface area (Å²) in [7, 11) is 0. The first-order chi connectivity index (χ1) is 9.47. The SMILES string of the molecule is C=CCC(OC(=O)N(C(C)C)C(C)C)c1ccccc1. The first-order valence-corrected chi connectivity index (χ1v) is 7.12. The van der Waals surface area contributed by atoms with Crippen molar-refractivity contribution in [3.8, 4) is 0 Å². The van der Waals surface area contributed by atoms with Gasteiger partial charge in [-0.25, -0.2) is 4.79 Å². The molecule has 0 N–H and O–H groups in total. The molecule has 0 spiro atoms. The highest BCUT2D eigenvalue weighted by Gasteiger charge is 2.24. The number of hydrogen-bond acceptors (Lipinski definition) is 2. The molecule has 0 saturated carbocycles. The van der Waals surface area contributed by atoms with Gasteiger partial charge in [0.25, 0.3) is 0 Å². The summed E-state index contributed by atoms with van der Waals surface area (Å²) < 4.78 is 5.68. The molecule has 0 radical (unpaired) electrons. The second kappa shape index (κ2) is 7.73. The standard InChI is InChI=1S/C17H25NO2/c1-6-10-16(15-11-8-7-9-12-15)20-17(19)18(13(2)3)14(4)5/h6-9,11-14,16H,1,10H2,2-5H3. The van der Waals surface area contributed by atoms with Crippen molar-refractivity contribution in [3.05, 3.63) is 48.6 Å². The van der Waals surface area contributed by atoms with E-state index in [1.54, 1.807) is 11.0 Å². The highest BCUT2D eigenvalue weighted by molar-refractivity contribution is 5.68. The molecule has 0 aromatic heterocycles. The fraction of sp³-hybridized carbons (Fsp3) is 0.471. The van der Waals surface area contributed by atoms with Crippen molar-refractivity contribution < 1.29 is 9.53 Å². The second-order valence-corrected chi connectivity index (χ2v) is 5.40. The summed E-state index contributed by atoms with van der Waals surface area (Å²) in [5, 5.41) is 0. The molecule has 0 aliphatic heterocycles. The Balaban J connectivity index is 2.85. The molecule has 3 nitrogen and oxygen atoms in total. The fourth-order valence-electron chi connectivity index (χ4n) is 2.27. The van der Waals surface area contributed by atoms with E-state index in [4.69, 9.17) is 4.74 Å². The van der Waals surface area contributed by atoms with Crippen LogP contribution in [0.25, 0.3) is 0 Å². The number of rotatable bonds is 6. The molecule has 3 heteroatoms. The fourth-order valence-corrected chi connectivity index (χ4v) is 2.27. The second-order valence-electron chi connectivity index (χ2n) is 5.40. The summed E-state index contributed by atoms with van der Waals surface area (Å²) in [6.07, 6.45) is 1.84. The van der Waals surface area contributed by atoms with Gasteiger partial charge in [0, 0.05) is 18.5 Å². The summed E-state index contributed by atoms with van der Waals surface area (Å²) in [6.45, 7) is 11.7. The Morgan fingerprint density at radius 2 is 1.75 bits per heavy atom. The molecule has 0 bridgehead atoms. The van der Waals surface area contributed by atoms with E-state index in [1.165, 1.54) is 0 Å². The van der Waals surface area contributed by atoms with Crippen LogP contribution in [0.4, 0.5) is 4.79 Å². The number of hydrogen-bond donors (Lipinski definition) is 0. The smallest absolute Gasteiger partial charge is 0.410 e. The third-order valence-electron chi connectivity index (χ3n) is 3.12. The van der Waals surface area contributed by atoms with Crippen LogP contribution in [0.2, 0.25) is 0 Å². The Bertz CT molecular complexity index is 418. The molecule has 1 amide bonds. The molecule has 1 atom stereocenters. The van der Waals surface area contributed by atoms with E-state index < -0.39 is 0 Å². The van der Waals surface area contributed by atoms with Gasteiger partial charge in [-0.2, -0.15) is 0 Å². The topological polar surface area (TPSA) is 29.5 Å². The lowest BCUT2D eigenvalue weighted by molar-refractivity contribution is 0.0457. The number of ether oxygens (including phenoxy) is 1. The van der Waals surface area contributed by atoms with Gasteiger partial charge in [0.15, 0.2) is 0 Å². The van der Waals surface area contributed by atoms with E-state index in [2.05, 4.69) is 6.58 Å². The Morgan fingerprint density at radius 1 is 1.20 bits per heavy atom. The largest absolute Gasteiger partial charge is 0.441 e. The van der Waals surface area contributed by atoms with Gasteiger partial charge < -0.3 is 9.64 Å². The summed E-state index contributed by atoms with van der Waals surface area (Å²) in [6, 6.07) is 10.0. The van der Waals surface area contributed by atoms with Crippen LogP contribution in [0.3, 0.4) is 0 Å². The Labute approximate surface area is 122 Å². The van der Waals surface area contributed by atoms with Gasteiger partial charge in [-0.3, -0.25) is 0 Å². The minimum absolute atomic E-state index is 0.114. The number of benzene rings is 1. The van der Waals surface area contributed by atoms with Crippen LogP contribution in [0.5, 0.6) is 0 Å². The zero-order valence-electron chi connectivity index (χ0n) is 12.9. The summed E-state index contributed by atoms with van der Waals surface area (Å²) in [4.78, 5) is 14.1. The van der Waals surface area contributed by atoms with E-state index >= 15 is 0 Å². The maximum absolute atomic E-state index is 12.4. The van der Waals surface area contributed by atoms with E-state index in [-0.39, 0.29) is 24.3 Å². The average Bonchev–Trinajstić information content (AvgIpc) is 2.38. The van der Waals surface area contributed by atoms with Crippen LogP contribution >= 0.6 is 0 Å². The molecule has 1 rings (SSSR count). The third kappa shape index (κ3) is 4.41. The zero-order valence-corrected chi connectivity index (χ0v) is 12.9. The maximum Gasteiger partial charge on any atom is 0.410 e. The molecule has 0 saturated heterocycles. The van der Waals surface area contributed by atoms with E-state index in [0.29, 0.717) is 6.42 Å². The summed E-state index contributed by atoms with van der Waals surface area (Å²) in [5.41, 5.74) is 0.994. The van der Waals surface area contributed by atoms with Gasteiger partial charge >= 0.3 is 6.09 Å². The van der Waals surface area contributed by atoms with Crippen LogP contribution in [0.15, 0.2) is 43.0 Å². The van der Waals surface area contributed by atoms with E-state index in [0.717, 1.165) is 5.56 Å². The Kier molecular flexibility index (Phi) is 6.29. The van der Waals surface area contributed by atoms with Crippen molar-refractivity contribution in [2.75, 3.05) is 0 Å². The van der Waals surface area contributed by atoms with Crippen molar-refractivity contribution >= 4 is 6.09 Å². The van der Waals surface area contributed by atoms with Crippen molar-refractivity contribution in [3.63, 3.8) is 0 Å². The molecule has 0 fully saturated rings. The molecular formula is C17H25NO2. The number of carbonyl (C=O) groups is 1. The van der Waals surface area contributed by atoms with Gasteiger partial charge in [0.2, 0.25) is 0 Å². The van der Waals surface area contributed by atoms with Crippen molar-refractivity contribution in [2.24, 2.45) is 0 Å². The summed E-state index contributed by atoms with van der Waals surface area (Å²) in [5.74, 6) is 0. The lowest BCUT2D eigenvalue weighted by atomic mass is 10.1. The van der Waals surface area contributed by atoms with Crippen molar-refractivity contribution in [2.45, 2.75) is 52.3 Å². The summed E-state index contributed by atoms with van der Waals surface area (Å²) >= 11 is 0. The van der Waals surface area contributed by atoms with E-state index in [1.807, 2.05) is 58.0 Å². The molecule has 1 aromatic rings. The molecule has 1 unspecified atom stereocenters. The molecule has 110 valence electrons. The average molecular weight is 275 g/mol. The lowest BCUT2D eigenvalue weighted by Crippen LogP contribution is -2.42. The highest BCUT2D eigenvalue weighted by Crippen LogP contribution is 2.23. The third-order valence-corrected chi connectivity index (χ3v) is 3.12. The minimum Gasteiger partial charge on any atom is -0.441 e. The Morgan fingerprint density at radius 3 is 2.20 bits per heavy atom. The number of nitrogens with zero attached hydrogens (tertiary/aromatic N) is 1. The van der Waals surface area contributed by atoms with Gasteiger partial charge in [0.05, 0.1) is 0 Å². The van der Waals surface area contributed by atoms with Crippen LogP contribution in [0, 0.1) is 0 Å². The lowest BCUT2D eigenvalue weighted by Gasteiger charge is -2.31. The molecule has 0 aliphatic carbocycles. The van der Waals surface area contributed by atoms with Gasteiger partial charge in [0.1, 0.15) is 6.10 Å².